The molecule has 0 bridgehead atoms. The minimum absolute atomic E-state index is 0.0167. The van der Waals surface area contributed by atoms with Gasteiger partial charge in [-0.15, -0.1) is 0 Å². The molecule has 3 rings (SSSR count). The highest BCUT2D eigenvalue weighted by Gasteiger charge is 2.26. The number of carbonyl (C=O) groups is 1. The smallest absolute Gasteiger partial charge is 0.273 e. The first-order valence-corrected chi connectivity index (χ1v) is 8.75. The van der Waals surface area contributed by atoms with Crippen LogP contribution in [-0.4, -0.2) is 34.9 Å². The zero-order chi connectivity index (χ0) is 18.5. The van der Waals surface area contributed by atoms with Crippen molar-refractivity contribution in [2.75, 3.05) is 13.1 Å². The molecule has 0 saturated carbocycles. The maximum absolute atomic E-state index is 12.7. The van der Waals surface area contributed by atoms with Crippen LogP contribution in [-0.2, 0) is 11.3 Å². The second-order valence-electron chi connectivity index (χ2n) is 6.49. The Morgan fingerprint density at radius 3 is 2.50 bits per heavy atom. The molecule has 1 saturated heterocycles. The van der Waals surface area contributed by atoms with E-state index in [1.165, 1.54) is 6.07 Å². The van der Waals surface area contributed by atoms with Gasteiger partial charge in [0.2, 0.25) is 0 Å². The Morgan fingerprint density at radius 2 is 1.85 bits per heavy atom. The van der Waals surface area contributed by atoms with Crippen LogP contribution in [0.4, 0.5) is 5.69 Å². The van der Waals surface area contributed by atoms with Crippen LogP contribution in [0.15, 0.2) is 48.5 Å². The number of carbonyl (C=O) groups excluding carboxylic acids is 1. The third-order valence-corrected chi connectivity index (χ3v) is 4.79. The topological polar surface area (TPSA) is 72.7 Å². The number of hydrogen-bond acceptors (Lipinski definition) is 4. The van der Waals surface area contributed by atoms with E-state index in [2.05, 4.69) is 0 Å². The van der Waals surface area contributed by atoms with Crippen LogP contribution in [0.25, 0.3) is 0 Å². The van der Waals surface area contributed by atoms with Gasteiger partial charge in [-0.05, 0) is 31.4 Å². The van der Waals surface area contributed by atoms with Crippen LogP contribution in [0, 0.1) is 17.0 Å². The summed E-state index contributed by atoms with van der Waals surface area (Å²) in [6.45, 7) is 3.39. The second-order valence-corrected chi connectivity index (χ2v) is 6.49. The highest BCUT2D eigenvalue weighted by Crippen LogP contribution is 2.24. The molecule has 1 amide bonds. The molecule has 6 nitrogen and oxygen atoms in total. The molecule has 2 aromatic rings. The molecule has 136 valence electrons. The Labute approximate surface area is 152 Å². The van der Waals surface area contributed by atoms with Crippen molar-refractivity contribution in [3.05, 3.63) is 75.3 Å². The number of rotatable bonds is 5. The lowest BCUT2D eigenvalue weighted by molar-refractivity contribution is -0.385. The third kappa shape index (κ3) is 4.08. The van der Waals surface area contributed by atoms with Crippen molar-refractivity contribution >= 4 is 11.6 Å². The van der Waals surface area contributed by atoms with E-state index in [0.717, 1.165) is 18.4 Å². The molecule has 1 aliphatic heterocycles. The number of likely N-dealkylation sites (tertiary alicyclic amines) is 1. The summed E-state index contributed by atoms with van der Waals surface area (Å²) in [5, 5.41) is 11.1. The highest BCUT2D eigenvalue weighted by atomic mass is 16.6. The lowest BCUT2D eigenvalue weighted by atomic mass is 10.0. The van der Waals surface area contributed by atoms with Crippen molar-refractivity contribution < 1.29 is 14.5 Å². The SMILES string of the molecule is Cc1c(C(=O)N2CCC(OCc3ccccc3)CC2)cccc1[N+](=O)[O-]. The van der Waals surface area contributed by atoms with E-state index in [1.54, 1.807) is 24.0 Å². The minimum Gasteiger partial charge on any atom is -0.373 e. The molecular weight excluding hydrogens is 332 g/mol. The molecule has 0 radical (unpaired) electrons. The fourth-order valence-corrected chi connectivity index (χ4v) is 3.24. The molecule has 1 aliphatic rings. The van der Waals surface area contributed by atoms with Gasteiger partial charge < -0.3 is 9.64 Å². The van der Waals surface area contributed by atoms with Crippen molar-refractivity contribution in [1.29, 1.82) is 0 Å². The normalized spacial score (nSPS) is 15.0. The van der Waals surface area contributed by atoms with E-state index in [9.17, 15) is 14.9 Å². The van der Waals surface area contributed by atoms with Gasteiger partial charge in [-0.2, -0.15) is 0 Å². The van der Waals surface area contributed by atoms with Gasteiger partial charge in [0, 0.05) is 30.3 Å². The summed E-state index contributed by atoms with van der Waals surface area (Å²) in [7, 11) is 0. The monoisotopic (exact) mass is 354 g/mol. The predicted molar refractivity (Wildman–Crippen MR) is 98.0 cm³/mol. The molecule has 2 aromatic carbocycles. The predicted octanol–water partition coefficient (Wildman–Crippen LogP) is 3.72. The fourth-order valence-electron chi connectivity index (χ4n) is 3.24. The maximum atomic E-state index is 12.7. The summed E-state index contributed by atoms with van der Waals surface area (Å²) in [6, 6.07) is 14.7. The Bertz CT molecular complexity index is 784. The van der Waals surface area contributed by atoms with Crippen molar-refractivity contribution in [2.45, 2.75) is 32.5 Å². The summed E-state index contributed by atoms with van der Waals surface area (Å²) >= 11 is 0. The Balaban J connectivity index is 1.57. The summed E-state index contributed by atoms with van der Waals surface area (Å²) in [5.41, 5.74) is 1.95. The zero-order valence-corrected chi connectivity index (χ0v) is 14.8. The number of hydrogen-bond donors (Lipinski definition) is 0. The van der Waals surface area contributed by atoms with Gasteiger partial charge in [-0.3, -0.25) is 14.9 Å². The number of piperidine rings is 1. The summed E-state index contributed by atoms with van der Waals surface area (Å²) in [5.74, 6) is -0.146. The largest absolute Gasteiger partial charge is 0.373 e. The Kier molecular flexibility index (Phi) is 5.63. The molecule has 26 heavy (non-hydrogen) atoms. The number of benzene rings is 2. The van der Waals surface area contributed by atoms with Crippen molar-refractivity contribution in [3.8, 4) is 0 Å². The molecule has 0 atom stereocenters. The summed E-state index contributed by atoms with van der Waals surface area (Å²) in [4.78, 5) is 25.1. The van der Waals surface area contributed by atoms with Crippen LogP contribution < -0.4 is 0 Å². The number of nitrogens with zero attached hydrogens (tertiary/aromatic N) is 2. The number of nitro groups is 1. The lowest BCUT2D eigenvalue weighted by Gasteiger charge is -2.32. The van der Waals surface area contributed by atoms with E-state index >= 15 is 0 Å². The third-order valence-electron chi connectivity index (χ3n) is 4.79. The van der Waals surface area contributed by atoms with Gasteiger partial charge in [0.25, 0.3) is 11.6 Å². The summed E-state index contributed by atoms with van der Waals surface area (Å²) < 4.78 is 5.95. The van der Waals surface area contributed by atoms with E-state index in [-0.39, 0.29) is 17.7 Å². The molecule has 0 N–H and O–H groups in total. The zero-order valence-electron chi connectivity index (χ0n) is 14.8. The first-order chi connectivity index (χ1) is 12.6. The van der Waals surface area contributed by atoms with Gasteiger partial charge in [0.1, 0.15) is 0 Å². The van der Waals surface area contributed by atoms with Crippen LogP contribution in [0.1, 0.15) is 34.3 Å². The first-order valence-electron chi connectivity index (χ1n) is 8.75. The summed E-state index contributed by atoms with van der Waals surface area (Å²) in [6.07, 6.45) is 1.67. The molecule has 6 heteroatoms. The molecule has 0 aromatic heterocycles. The minimum atomic E-state index is -0.449. The Hall–Kier alpha value is -2.73. The molecular formula is C20H22N2O4. The average Bonchev–Trinajstić information content (AvgIpc) is 2.67. The molecule has 0 unspecified atom stereocenters. The molecule has 1 fully saturated rings. The van der Waals surface area contributed by atoms with Crippen molar-refractivity contribution in [3.63, 3.8) is 0 Å². The van der Waals surface area contributed by atoms with Crippen LogP contribution >= 0.6 is 0 Å². The van der Waals surface area contributed by atoms with E-state index in [1.807, 2.05) is 30.3 Å². The van der Waals surface area contributed by atoms with Crippen molar-refractivity contribution in [1.82, 2.24) is 4.90 Å². The fraction of sp³-hybridized carbons (Fsp3) is 0.350. The van der Waals surface area contributed by atoms with Crippen molar-refractivity contribution in [2.24, 2.45) is 0 Å². The second kappa shape index (κ2) is 8.10. The quantitative estimate of drug-likeness (QED) is 0.606. The van der Waals surface area contributed by atoms with Gasteiger partial charge >= 0.3 is 0 Å². The average molecular weight is 354 g/mol. The Morgan fingerprint density at radius 1 is 1.15 bits per heavy atom. The maximum Gasteiger partial charge on any atom is 0.273 e. The number of ether oxygens (including phenoxy) is 1. The lowest BCUT2D eigenvalue weighted by Crippen LogP contribution is -2.41. The standard InChI is InChI=1S/C20H22N2O4/c1-15-18(8-5-9-19(15)22(24)25)20(23)21-12-10-17(11-13-21)26-14-16-6-3-2-4-7-16/h2-9,17H,10-14H2,1H3. The highest BCUT2D eigenvalue weighted by molar-refractivity contribution is 5.96. The van der Waals surface area contributed by atoms with E-state index in [0.29, 0.717) is 30.8 Å². The number of nitro benzene ring substituents is 1. The molecule has 0 aliphatic carbocycles. The van der Waals surface area contributed by atoms with Gasteiger partial charge in [0.15, 0.2) is 0 Å². The van der Waals surface area contributed by atoms with Crippen LogP contribution in [0.5, 0.6) is 0 Å². The van der Waals surface area contributed by atoms with E-state index < -0.39 is 4.92 Å². The first kappa shape index (κ1) is 18.1. The van der Waals surface area contributed by atoms with Crippen LogP contribution in [0.2, 0.25) is 0 Å². The van der Waals surface area contributed by atoms with Gasteiger partial charge in [0.05, 0.1) is 17.6 Å². The van der Waals surface area contributed by atoms with Gasteiger partial charge in [-0.25, -0.2) is 0 Å². The van der Waals surface area contributed by atoms with Gasteiger partial charge in [-0.1, -0.05) is 36.4 Å². The number of amides is 1. The van der Waals surface area contributed by atoms with E-state index in [4.69, 9.17) is 4.74 Å². The molecule has 1 heterocycles. The molecule has 0 spiro atoms. The van der Waals surface area contributed by atoms with Crippen LogP contribution in [0.3, 0.4) is 0 Å².